The molecule has 37 heavy (non-hydrogen) atoms. The first-order valence-electron chi connectivity index (χ1n) is 13.4. The summed E-state index contributed by atoms with van der Waals surface area (Å²) in [6.07, 6.45) is 8.14. The maximum Gasteiger partial charge on any atom is 0.0465 e. The van der Waals surface area contributed by atoms with E-state index in [4.69, 9.17) is 0 Å². The molecule has 1 aromatic heterocycles. The molecule has 1 N–H and O–H groups in total. The van der Waals surface area contributed by atoms with Crippen LogP contribution in [0.15, 0.2) is 121 Å². The van der Waals surface area contributed by atoms with E-state index in [1.807, 2.05) is 0 Å². The number of H-pyrrole nitrogens is 1. The largest absolute Gasteiger partial charge is 0.355 e. The van der Waals surface area contributed by atoms with Crippen LogP contribution in [0.4, 0.5) is 11.4 Å². The maximum absolute atomic E-state index is 3.54. The second kappa shape index (κ2) is 9.78. The van der Waals surface area contributed by atoms with Gasteiger partial charge in [0.15, 0.2) is 0 Å². The Morgan fingerprint density at radius 3 is 2.19 bits per heavy atom. The Hall–Kier alpha value is -4.04. The highest BCUT2D eigenvalue weighted by atomic mass is 15.2. The summed E-state index contributed by atoms with van der Waals surface area (Å²) in [5.74, 6) is 1.67. The number of aromatic nitrogens is 1. The van der Waals surface area contributed by atoms with Gasteiger partial charge in [-0.05, 0) is 77.9 Å². The molecule has 0 saturated carbocycles. The van der Waals surface area contributed by atoms with Crippen LogP contribution >= 0.6 is 0 Å². The van der Waals surface area contributed by atoms with Crippen molar-refractivity contribution in [2.24, 2.45) is 17.8 Å². The standard InChI is InChI=1S/C35H34N2/c1-24(2)22-27-10-9-15-35(25(27)3)37(29-11-5-4-6-12-29)30-19-16-26(17-20-30)28-18-21-34-32(23-28)31-13-7-8-14-33(31)36-34/h4-21,23-25,27,36H,22H2,1-3H3. The summed E-state index contributed by atoms with van der Waals surface area (Å²) in [5, 5.41) is 2.54. The van der Waals surface area contributed by atoms with Gasteiger partial charge < -0.3 is 9.88 Å². The Morgan fingerprint density at radius 1 is 0.730 bits per heavy atom. The van der Waals surface area contributed by atoms with Gasteiger partial charge in [-0.2, -0.15) is 0 Å². The second-order valence-corrected chi connectivity index (χ2v) is 10.7. The molecule has 0 spiro atoms. The lowest BCUT2D eigenvalue weighted by Crippen LogP contribution is -2.27. The van der Waals surface area contributed by atoms with Crippen LogP contribution in [0.1, 0.15) is 27.2 Å². The summed E-state index contributed by atoms with van der Waals surface area (Å²) in [4.78, 5) is 5.97. The van der Waals surface area contributed by atoms with Gasteiger partial charge in [-0.1, -0.05) is 87.5 Å². The van der Waals surface area contributed by atoms with E-state index in [2.05, 4.69) is 146 Å². The lowest BCUT2D eigenvalue weighted by molar-refractivity contribution is 0.388. The van der Waals surface area contributed by atoms with Gasteiger partial charge in [0.1, 0.15) is 0 Å². The Morgan fingerprint density at radius 2 is 1.41 bits per heavy atom. The Labute approximate surface area is 220 Å². The lowest BCUT2D eigenvalue weighted by atomic mass is 9.81. The molecular weight excluding hydrogens is 448 g/mol. The molecule has 2 unspecified atom stereocenters. The normalized spacial score (nSPS) is 17.5. The van der Waals surface area contributed by atoms with Crippen LogP contribution in [0.25, 0.3) is 32.9 Å². The van der Waals surface area contributed by atoms with Gasteiger partial charge in [0.25, 0.3) is 0 Å². The molecule has 0 fully saturated rings. The maximum atomic E-state index is 3.54. The van der Waals surface area contributed by atoms with Crippen molar-refractivity contribution in [1.82, 2.24) is 4.98 Å². The fraction of sp³-hybridized carbons (Fsp3) is 0.200. The molecule has 0 aliphatic heterocycles. The summed E-state index contributed by atoms with van der Waals surface area (Å²) < 4.78 is 0. The predicted molar refractivity (Wildman–Crippen MR) is 159 cm³/mol. The monoisotopic (exact) mass is 482 g/mol. The number of para-hydroxylation sites is 2. The summed E-state index contributed by atoms with van der Waals surface area (Å²) >= 11 is 0. The number of nitrogens with one attached hydrogen (secondary N) is 1. The fourth-order valence-corrected chi connectivity index (χ4v) is 5.79. The third-order valence-corrected chi connectivity index (χ3v) is 7.72. The second-order valence-electron chi connectivity index (χ2n) is 10.7. The number of fused-ring (bicyclic) bond motifs is 3. The van der Waals surface area contributed by atoms with Crippen molar-refractivity contribution in [1.29, 1.82) is 0 Å². The number of aromatic amines is 1. The van der Waals surface area contributed by atoms with Gasteiger partial charge in [0.2, 0.25) is 0 Å². The van der Waals surface area contributed by atoms with E-state index >= 15 is 0 Å². The molecule has 1 aliphatic carbocycles. The zero-order valence-corrected chi connectivity index (χ0v) is 21.9. The zero-order valence-electron chi connectivity index (χ0n) is 21.9. The van der Waals surface area contributed by atoms with Gasteiger partial charge in [0, 0.05) is 44.8 Å². The summed E-state index contributed by atoms with van der Waals surface area (Å²) in [7, 11) is 0. The first-order chi connectivity index (χ1) is 18.1. The quantitative estimate of drug-likeness (QED) is 0.255. The molecule has 2 nitrogen and oxygen atoms in total. The van der Waals surface area contributed by atoms with Crippen molar-refractivity contribution >= 4 is 33.2 Å². The number of nitrogens with zero attached hydrogens (tertiary/aromatic N) is 1. The van der Waals surface area contributed by atoms with E-state index in [0.717, 1.165) is 0 Å². The number of hydrogen-bond acceptors (Lipinski definition) is 1. The Balaban J connectivity index is 1.37. The zero-order chi connectivity index (χ0) is 25.4. The fourth-order valence-electron chi connectivity index (χ4n) is 5.79. The molecule has 1 heterocycles. The molecule has 5 aromatic rings. The van der Waals surface area contributed by atoms with E-state index in [1.54, 1.807) is 0 Å². The number of benzene rings is 4. The number of hydrogen-bond donors (Lipinski definition) is 1. The molecule has 0 radical (unpaired) electrons. The third-order valence-electron chi connectivity index (χ3n) is 7.72. The van der Waals surface area contributed by atoms with E-state index in [1.165, 1.54) is 56.4 Å². The highest BCUT2D eigenvalue weighted by Crippen LogP contribution is 2.40. The van der Waals surface area contributed by atoms with Crippen molar-refractivity contribution < 1.29 is 0 Å². The number of allylic oxidation sites excluding steroid dienone is 4. The van der Waals surface area contributed by atoms with Gasteiger partial charge in [0.05, 0.1) is 0 Å². The van der Waals surface area contributed by atoms with Gasteiger partial charge in [-0.3, -0.25) is 0 Å². The van der Waals surface area contributed by atoms with Gasteiger partial charge in [-0.25, -0.2) is 0 Å². The van der Waals surface area contributed by atoms with Gasteiger partial charge in [-0.15, -0.1) is 0 Å². The van der Waals surface area contributed by atoms with Crippen LogP contribution in [-0.2, 0) is 0 Å². The minimum Gasteiger partial charge on any atom is -0.355 e. The minimum absolute atomic E-state index is 0.441. The molecule has 6 rings (SSSR count). The number of rotatable bonds is 6. The SMILES string of the molecule is CC(C)CC1C=CC=C(N(c2ccccc2)c2ccc(-c3ccc4[nH]c5ccccc5c4c3)cc2)C1C. The van der Waals surface area contributed by atoms with E-state index in [9.17, 15) is 0 Å². The van der Waals surface area contributed by atoms with E-state index < -0.39 is 0 Å². The van der Waals surface area contributed by atoms with Crippen molar-refractivity contribution in [3.8, 4) is 11.1 Å². The molecule has 4 aromatic carbocycles. The third kappa shape index (κ3) is 4.49. The smallest absolute Gasteiger partial charge is 0.0465 e. The average molecular weight is 483 g/mol. The molecule has 2 atom stereocenters. The lowest BCUT2D eigenvalue weighted by Gasteiger charge is -2.36. The van der Waals surface area contributed by atoms with Crippen molar-refractivity contribution in [3.63, 3.8) is 0 Å². The van der Waals surface area contributed by atoms with Crippen LogP contribution in [0.2, 0.25) is 0 Å². The van der Waals surface area contributed by atoms with Gasteiger partial charge >= 0.3 is 0 Å². The first kappa shape index (κ1) is 23.4. The Kier molecular flexibility index (Phi) is 6.18. The Bertz CT molecular complexity index is 1590. The first-order valence-corrected chi connectivity index (χ1v) is 13.4. The molecular formula is C35H34N2. The summed E-state index contributed by atoms with van der Waals surface area (Å²) in [6.45, 7) is 7.02. The van der Waals surface area contributed by atoms with Crippen LogP contribution in [0, 0.1) is 17.8 Å². The summed E-state index contributed by atoms with van der Waals surface area (Å²) in [6, 6.07) is 35.1. The highest BCUT2D eigenvalue weighted by Gasteiger charge is 2.27. The van der Waals surface area contributed by atoms with E-state index in [-0.39, 0.29) is 0 Å². The van der Waals surface area contributed by atoms with Crippen LogP contribution in [0.3, 0.4) is 0 Å². The van der Waals surface area contributed by atoms with Crippen molar-refractivity contribution in [2.45, 2.75) is 27.2 Å². The number of anilines is 2. The van der Waals surface area contributed by atoms with Crippen molar-refractivity contribution in [3.05, 3.63) is 121 Å². The molecule has 0 bridgehead atoms. The van der Waals surface area contributed by atoms with Crippen molar-refractivity contribution in [2.75, 3.05) is 4.90 Å². The minimum atomic E-state index is 0.441. The molecule has 184 valence electrons. The topological polar surface area (TPSA) is 19.0 Å². The van der Waals surface area contributed by atoms with Crippen LogP contribution < -0.4 is 4.90 Å². The predicted octanol–water partition coefficient (Wildman–Crippen LogP) is 9.88. The van der Waals surface area contributed by atoms with E-state index in [0.29, 0.717) is 17.8 Å². The molecule has 2 heteroatoms. The highest BCUT2D eigenvalue weighted by molar-refractivity contribution is 6.08. The average Bonchev–Trinajstić information content (AvgIpc) is 3.30. The molecule has 0 amide bonds. The van der Waals surface area contributed by atoms with Crippen LogP contribution in [-0.4, -0.2) is 4.98 Å². The van der Waals surface area contributed by atoms with Crippen LogP contribution in [0.5, 0.6) is 0 Å². The summed E-state index contributed by atoms with van der Waals surface area (Å²) in [5.41, 5.74) is 8.58. The molecule has 0 saturated heterocycles. The molecule has 1 aliphatic rings.